The Labute approximate surface area is 94.1 Å². The minimum atomic E-state index is 0.451. The van der Waals surface area contributed by atoms with E-state index < -0.39 is 0 Å². The Morgan fingerprint density at radius 2 is 1.80 bits per heavy atom. The van der Waals surface area contributed by atoms with Crippen molar-refractivity contribution in [1.82, 2.24) is 4.98 Å². The number of rotatable bonds is 1. The molecule has 0 amide bonds. The van der Waals surface area contributed by atoms with E-state index in [4.69, 9.17) is 0 Å². The minimum absolute atomic E-state index is 0.451. The van der Waals surface area contributed by atoms with Gasteiger partial charge in [-0.25, -0.2) is 0 Å². The van der Waals surface area contributed by atoms with Gasteiger partial charge in [-0.2, -0.15) is 0 Å². The molecule has 0 aliphatic rings. The second kappa shape index (κ2) is 3.65. The van der Waals surface area contributed by atoms with E-state index in [1.807, 2.05) is 5.07 Å². The predicted molar refractivity (Wildman–Crippen MR) is 64.1 cm³/mol. The molecule has 2 aromatic carbocycles. The van der Waals surface area contributed by atoms with Gasteiger partial charge in [0.05, 0.1) is 0 Å². The van der Waals surface area contributed by atoms with Crippen molar-refractivity contribution in [2.75, 3.05) is 0 Å². The van der Waals surface area contributed by atoms with Gasteiger partial charge in [-0.15, -0.1) is 0 Å². The van der Waals surface area contributed by atoms with E-state index in [2.05, 4.69) is 52.4 Å². The van der Waals surface area contributed by atoms with Crippen LogP contribution in [0.4, 0.5) is 0 Å². The van der Waals surface area contributed by atoms with Gasteiger partial charge in [0, 0.05) is 0 Å². The second-order valence-electron chi connectivity index (χ2n) is 3.40. The summed E-state index contributed by atoms with van der Waals surface area (Å²) in [5.74, 6) is 0. The molecule has 0 spiro atoms. The molecule has 1 nitrogen and oxygen atoms in total. The van der Waals surface area contributed by atoms with E-state index in [9.17, 15) is 0 Å². The molecule has 0 radical (unpaired) electrons. The monoisotopic (exact) mass is 259 g/mol. The van der Waals surface area contributed by atoms with Crippen molar-refractivity contribution in [3.05, 3.63) is 52.5 Å². The molecule has 2 heteroatoms. The van der Waals surface area contributed by atoms with E-state index in [1.54, 1.807) is 0 Å². The van der Waals surface area contributed by atoms with E-state index >= 15 is 0 Å². The molecule has 1 heterocycles. The Balaban J connectivity index is 2.36. The Morgan fingerprint density at radius 3 is 2.67 bits per heavy atom. The van der Waals surface area contributed by atoms with Crippen molar-refractivity contribution < 1.29 is 0 Å². The average molecular weight is 258 g/mol. The Morgan fingerprint density at radius 1 is 0.933 bits per heavy atom. The fourth-order valence-corrected chi connectivity index (χ4v) is 2.95. The number of aromatic nitrogens is 1. The molecule has 0 aliphatic heterocycles. The van der Waals surface area contributed by atoms with Crippen LogP contribution in [0.3, 0.4) is 0 Å². The third-order valence-corrected chi connectivity index (χ3v) is 3.73. The molecular formula is C13H9NSe. The summed E-state index contributed by atoms with van der Waals surface area (Å²) >= 11 is 0.451. The zero-order valence-electron chi connectivity index (χ0n) is 8.05. The first-order valence-electron chi connectivity index (χ1n) is 4.81. The standard InChI is InChI=1S/C13H9NSe/c1-2-6-11-10(4-1)5-3-7-12(11)13-8-15-9-14-13/h1-9H. The average Bonchev–Trinajstić information content (AvgIpc) is 2.82. The number of hydrogen-bond acceptors (Lipinski definition) is 1. The maximum atomic E-state index is 4.42. The zero-order valence-corrected chi connectivity index (χ0v) is 9.76. The van der Waals surface area contributed by atoms with Crippen LogP contribution in [0, 0.1) is 0 Å². The molecule has 0 fully saturated rings. The van der Waals surface area contributed by atoms with Crippen molar-refractivity contribution in [2.45, 2.75) is 0 Å². The van der Waals surface area contributed by atoms with Gasteiger partial charge in [-0.1, -0.05) is 0 Å². The Bertz CT molecular complexity index is 579. The molecule has 3 rings (SSSR count). The summed E-state index contributed by atoms with van der Waals surface area (Å²) in [5, 5.41) is 4.59. The first kappa shape index (κ1) is 8.90. The van der Waals surface area contributed by atoms with Crippen molar-refractivity contribution in [3.8, 4) is 11.3 Å². The number of nitrogens with zero attached hydrogens (tertiary/aromatic N) is 1. The van der Waals surface area contributed by atoms with Crippen LogP contribution in [0.2, 0.25) is 0 Å². The quantitative estimate of drug-likeness (QED) is 0.611. The van der Waals surface area contributed by atoms with Gasteiger partial charge < -0.3 is 0 Å². The van der Waals surface area contributed by atoms with E-state index in [1.165, 1.54) is 16.3 Å². The van der Waals surface area contributed by atoms with Crippen LogP contribution >= 0.6 is 0 Å². The van der Waals surface area contributed by atoms with Gasteiger partial charge in [-0.3, -0.25) is 0 Å². The van der Waals surface area contributed by atoms with E-state index in [0.29, 0.717) is 14.5 Å². The summed E-state index contributed by atoms with van der Waals surface area (Å²) in [6.07, 6.45) is 0. The molecular weight excluding hydrogens is 249 g/mol. The predicted octanol–water partition coefficient (Wildman–Crippen LogP) is 2.96. The van der Waals surface area contributed by atoms with Gasteiger partial charge in [0.1, 0.15) is 0 Å². The van der Waals surface area contributed by atoms with E-state index in [0.717, 1.165) is 5.69 Å². The molecule has 0 aliphatic carbocycles. The first-order valence-corrected chi connectivity index (χ1v) is 6.79. The molecule has 0 unspecified atom stereocenters. The van der Waals surface area contributed by atoms with Gasteiger partial charge in [-0.05, 0) is 0 Å². The van der Waals surface area contributed by atoms with Crippen LogP contribution in [0.5, 0.6) is 0 Å². The zero-order chi connectivity index (χ0) is 10.1. The molecule has 0 N–H and O–H groups in total. The third kappa shape index (κ3) is 1.52. The van der Waals surface area contributed by atoms with Crippen LogP contribution in [0.1, 0.15) is 0 Å². The van der Waals surface area contributed by atoms with E-state index in [-0.39, 0.29) is 0 Å². The molecule has 0 saturated heterocycles. The van der Waals surface area contributed by atoms with Crippen molar-refractivity contribution in [2.24, 2.45) is 0 Å². The van der Waals surface area contributed by atoms with Gasteiger partial charge in [0.25, 0.3) is 0 Å². The van der Waals surface area contributed by atoms with Crippen LogP contribution in [0.15, 0.2) is 52.5 Å². The van der Waals surface area contributed by atoms with Crippen LogP contribution < -0.4 is 0 Å². The molecule has 3 aromatic rings. The first-order chi connectivity index (χ1) is 7.45. The fourth-order valence-electron chi connectivity index (χ4n) is 1.79. The van der Waals surface area contributed by atoms with Gasteiger partial charge >= 0.3 is 94.0 Å². The van der Waals surface area contributed by atoms with Crippen molar-refractivity contribution in [1.29, 1.82) is 0 Å². The summed E-state index contributed by atoms with van der Waals surface area (Å²) in [5.41, 5.74) is 2.38. The third-order valence-electron chi connectivity index (χ3n) is 2.50. The van der Waals surface area contributed by atoms with Crippen LogP contribution in [-0.4, -0.2) is 19.5 Å². The molecule has 0 atom stereocenters. The fraction of sp³-hybridized carbons (Fsp3) is 0. The second-order valence-corrected chi connectivity index (χ2v) is 4.91. The summed E-state index contributed by atoms with van der Waals surface area (Å²) in [6, 6.07) is 14.8. The normalized spacial score (nSPS) is 10.7. The summed E-state index contributed by atoms with van der Waals surface area (Å²) in [6.45, 7) is 0. The summed E-state index contributed by atoms with van der Waals surface area (Å²) in [4.78, 5) is 6.65. The SMILES string of the molecule is c1ccc2c(-c3c[se]cn3)cccc2c1. The molecule has 0 saturated carbocycles. The maximum absolute atomic E-state index is 4.42. The topological polar surface area (TPSA) is 12.9 Å². The van der Waals surface area contributed by atoms with Crippen molar-refractivity contribution in [3.63, 3.8) is 0 Å². The van der Waals surface area contributed by atoms with Gasteiger partial charge in [0.15, 0.2) is 0 Å². The molecule has 72 valence electrons. The summed E-state index contributed by atoms with van der Waals surface area (Å²) in [7, 11) is 0. The number of benzene rings is 2. The van der Waals surface area contributed by atoms with Crippen molar-refractivity contribution >= 4 is 25.3 Å². The Hall–Kier alpha value is -1.37. The molecule has 1 aromatic heterocycles. The number of hydrogen-bond donors (Lipinski definition) is 0. The van der Waals surface area contributed by atoms with Gasteiger partial charge in [0.2, 0.25) is 0 Å². The van der Waals surface area contributed by atoms with Crippen LogP contribution in [-0.2, 0) is 0 Å². The Kier molecular flexibility index (Phi) is 2.17. The molecule has 15 heavy (non-hydrogen) atoms. The molecule has 0 bridgehead atoms. The number of fused-ring (bicyclic) bond motifs is 1. The van der Waals surface area contributed by atoms with Crippen LogP contribution in [0.25, 0.3) is 22.0 Å². The summed E-state index contributed by atoms with van der Waals surface area (Å²) < 4.78 is 0.